The summed E-state index contributed by atoms with van der Waals surface area (Å²) in [6.07, 6.45) is 2.14. The van der Waals surface area contributed by atoms with Crippen molar-refractivity contribution < 1.29 is 4.79 Å². The van der Waals surface area contributed by atoms with Crippen LogP contribution in [0.25, 0.3) is 0 Å². The summed E-state index contributed by atoms with van der Waals surface area (Å²) < 4.78 is 0. The lowest BCUT2D eigenvalue weighted by atomic mass is 10.0. The van der Waals surface area contributed by atoms with Crippen LogP contribution in [-0.2, 0) is 0 Å². The van der Waals surface area contributed by atoms with E-state index < -0.39 is 8.07 Å². The summed E-state index contributed by atoms with van der Waals surface area (Å²) in [4.78, 5) is 12.2. The Hall–Kier alpha value is -1.77. The first-order valence-corrected chi connectivity index (χ1v) is 10.5. The van der Waals surface area contributed by atoms with Crippen molar-refractivity contribution >= 4 is 13.9 Å². The molecule has 0 bridgehead atoms. The van der Waals surface area contributed by atoms with Crippen molar-refractivity contribution in [1.29, 1.82) is 0 Å². The van der Waals surface area contributed by atoms with Gasteiger partial charge in [0.25, 0.3) is 0 Å². The Bertz CT molecular complexity index is 586. The molecule has 0 fully saturated rings. The van der Waals surface area contributed by atoms with Crippen molar-refractivity contribution in [3.05, 3.63) is 35.4 Å². The van der Waals surface area contributed by atoms with Gasteiger partial charge in [-0.05, 0) is 19.4 Å². The van der Waals surface area contributed by atoms with Gasteiger partial charge in [-0.2, -0.15) is 0 Å². The maximum atomic E-state index is 12.2. The molecule has 0 saturated carbocycles. The van der Waals surface area contributed by atoms with Crippen LogP contribution in [0.2, 0.25) is 19.6 Å². The molecule has 0 atom stereocenters. The lowest BCUT2D eigenvalue weighted by molar-refractivity contribution is 0.0980. The summed E-state index contributed by atoms with van der Waals surface area (Å²) in [6.45, 7) is 8.43. The zero-order valence-electron chi connectivity index (χ0n) is 12.8. The van der Waals surface area contributed by atoms with Crippen LogP contribution < -0.4 is 0 Å². The minimum absolute atomic E-state index is 0.170. The van der Waals surface area contributed by atoms with E-state index in [9.17, 15) is 4.79 Å². The molecule has 20 heavy (non-hydrogen) atoms. The molecule has 0 radical (unpaired) electrons. The van der Waals surface area contributed by atoms with Crippen molar-refractivity contribution in [3.63, 3.8) is 0 Å². The summed E-state index contributed by atoms with van der Waals surface area (Å²) in [5.74, 6) is 9.21. The first-order chi connectivity index (χ1) is 9.44. The van der Waals surface area contributed by atoms with Crippen LogP contribution in [0.15, 0.2) is 24.3 Å². The minimum Gasteiger partial charge on any atom is -0.294 e. The number of hydrogen-bond acceptors (Lipinski definition) is 1. The van der Waals surface area contributed by atoms with E-state index in [4.69, 9.17) is 0 Å². The standard InChI is InChI=1S/C18H22OSi/c1-5-6-7-8-13-18(19)17-12-10-9-11-16(17)14-15-20(2,3)4/h9-12H,7-8,13H2,1-4H3. The fourth-order valence-corrected chi connectivity index (χ4v) is 2.20. The Morgan fingerprint density at radius 2 is 1.90 bits per heavy atom. The third kappa shape index (κ3) is 5.91. The van der Waals surface area contributed by atoms with Gasteiger partial charge in [0, 0.05) is 24.0 Å². The molecule has 0 aliphatic rings. The van der Waals surface area contributed by atoms with E-state index in [2.05, 4.69) is 42.9 Å². The van der Waals surface area contributed by atoms with Gasteiger partial charge in [0.2, 0.25) is 0 Å². The number of rotatable bonds is 4. The predicted molar refractivity (Wildman–Crippen MR) is 88.3 cm³/mol. The number of Topliss-reactive ketones (excluding diaryl/α,β-unsaturated/α-hetero) is 1. The molecule has 2 heteroatoms. The smallest absolute Gasteiger partial charge is 0.164 e. The third-order valence-corrected chi connectivity index (χ3v) is 3.56. The normalized spacial score (nSPS) is 10.0. The molecular weight excluding hydrogens is 260 g/mol. The largest absolute Gasteiger partial charge is 0.294 e. The van der Waals surface area contributed by atoms with E-state index >= 15 is 0 Å². The first-order valence-electron chi connectivity index (χ1n) is 6.99. The molecule has 0 spiro atoms. The van der Waals surface area contributed by atoms with Gasteiger partial charge in [-0.15, -0.1) is 17.4 Å². The fourth-order valence-electron chi connectivity index (χ4n) is 1.69. The van der Waals surface area contributed by atoms with Gasteiger partial charge < -0.3 is 0 Å². The topological polar surface area (TPSA) is 17.1 Å². The lowest BCUT2D eigenvalue weighted by Crippen LogP contribution is -2.16. The Morgan fingerprint density at radius 1 is 1.20 bits per heavy atom. The maximum absolute atomic E-state index is 12.2. The number of ketones is 1. The molecule has 1 nitrogen and oxygen atoms in total. The molecule has 104 valence electrons. The molecular formula is C18H22OSi. The van der Waals surface area contributed by atoms with Crippen LogP contribution in [0.1, 0.15) is 42.1 Å². The predicted octanol–water partition coefficient (Wildman–Crippen LogP) is 4.29. The molecule has 0 aromatic heterocycles. The van der Waals surface area contributed by atoms with E-state index in [0.29, 0.717) is 6.42 Å². The van der Waals surface area contributed by atoms with Gasteiger partial charge in [-0.1, -0.05) is 43.8 Å². The van der Waals surface area contributed by atoms with Crippen LogP contribution >= 0.6 is 0 Å². The highest BCUT2D eigenvalue weighted by molar-refractivity contribution is 6.83. The Morgan fingerprint density at radius 3 is 2.55 bits per heavy atom. The average Bonchev–Trinajstić information content (AvgIpc) is 2.40. The number of benzene rings is 1. The van der Waals surface area contributed by atoms with Gasteiger partial charge in [0.05, 0.1) is 0 Å². The molecule has 0 N–H and O–H groups in total. The van der Waals surface area contributed by atoms with Crippen molar-refractivity contribution in [2.45, 2.75) is 45.8 Å². The van der Waals surface area contributed by atoms with Gasteiger partial charge in [-0.3, -0.25) is 4.79 Å². The van der Waals surface area contributed by atoms with Crippen molar-refractivity contribution in [2.75, 3.05) is 0 Å². The van der Waals surface area contributed by atoms with Gasteiger partial charge in [0.15, 0.2) is 5.78 Å². The van der Waals surface area contributed by atoms with Gasteiger partial charge in [0.1, 0.15) is 8.07 Å². The molecule has 0 aliphatic carbocycles. The second kappa shape index (κ2) is 7.73. The summed E-state index contributed by atoms with van der Waals surface area (Å²) in [6, 6.07) is 7.65. The van der Waals surface area contributed by atoms with E-state index in [-0.39, 0.29) is 5.78 Å². The molecule has 0 saturated heterocycles. The van der Waals surface area contributed by atoms with Gasteiger partial charge in [-0.25, -0.2) is 0 Å². The first kappa shape index (κ1) is 16.3. The summed E-state index contributed by atoms with van der Waals surface area (Å²) in [7, 11) is -1.42. The van der Waals surface area contributed by atoms with Crippen LogP contribution in [0.5, 0.6) is 0 Å². The SMILES string of the molecule is CC#CCCCC(=O)c1ccccc1C#C[Si](C)(C)C. The monoisotopic (exact) mass is 282 g/mol. The van der Waals surface area contributed by atoms with Crippen molar-refractivity contribution in [2.24, 2.45) is 0 Å². The Kier molecular flexibility index (Phi) is 6.29. The molecule has 0 amide bonds. The third-order valence-electron chi connectivity index (χ3n) is 2.68. The van der Waals surface area contributed by atoms with Crippen molar-refractivity contribution in [3.8, 4) is 23.3 Å². The maximum Gasteiger partial charge on any atom is 0.164 e. The Labute approximate surface area is 123 Å². The highest BCUT2D eigenvalue weighted by Gasteiger charge is 2.11. The second-order valence-corrected chi connectivity index (χ2v) is 10.5. The van der Waals surface area contributed by atoms with Crippen LogP contribution in [0.3, 0.4) is 0 Å². The highest BCUT2D eigenvalue weighted by atomic mass is 28.3. The molecule has 0 heterocycles. The van der Waals surface area contributed by atoms with Crippen LogP contribution in [-0.4, -0.2) is 13.9 Å². The molecule has 0 unspecified atom stereocenters. The Balaban J connectivity index is 2.85. The van der Waals surface area contributed by atoms with Gasteiger partial charge >= 0.3 is 0 Å². The average molecular weight is 282 g/mol. The number of carbonyl (C=O) groups excluding carboxylic acids is 1. The summed E-state index contributed by atoms with van der Waals surface area (Å²) in [5, 5.41) is 0. The molecule has 1 aromatic rings. The zero-order valence-corrected chi connectivity index (χ0v) is 13.8. The number of carbonyl (C=O) groups is 1. The van der Waals surface area contributed by atoms with E-state index in [1.165, 1.54) is 0 Å². The quantitative estimate of drug-likeness (QED) is 0.348. The minimum atomic E-state index is -1.42. The summed E-state index contributed by atoms with van der Waals surface area (Å²) in [5.41, 5.74) is 4.94. The van der Waals surface area contributed by atoms with Crippen molar-refractivity contribution in [1.82, 2.24) is 0 Å². The molecule has 1 aromatic carbocycles. The van der Waals surface area contributed by atoms with E-state index in [1.54, 1.807) is 0 Å². The second-order valence-electron chi connectivity index (χ2n) is 5.75. The fraction of sp³-hybridized carbons (Fsp3) is 0.389. The number of unbranched alkanes of at least 4 members (excludes halogenated alkanes) is 1. The van der Waals surface area contributed by atoms with Crippen LogP contribution in [0.4, 0.5) is 0 Å². The molecule has 0 aliphatic heterocycles. The lowest BCUT2D eigenvalue weighted by Gasteiger charge is -2.06. The van der Waals surface area contributed by atoms with Crippen LogP contribution in [0, 0.1) is 23.3 Å². The highest BCUT2D eigenvalue weighted by Crippen LogP contribution is 2.12. The zero-order chi connectivity index (χ0) is 15.0. The summed E-state index contributed by atoms with van der Waals surface area (Å²) >= 11 is 0. The molecule has 1 rings (SSSR count). The van der Waals surface area contributed by atoms with E-state index in [0.717, 1.165) is 24.0 Å². The van der Waals surface area contributed by atoms with E-state index in [1.807, 2.05) is 31.2 Å². The number of hydrogen-bond donors (Lipinski definition) is 0.